The molecule has 0 atom stereocenters. The van der Waals surface area contributed by atoms with Crippen molar-refractivity contribution < 1.29 is 4.79 Å². The van der Waals surface area contributed by atoms with Gasteiger partial charge in [-0.3, -0.25) is 4.79 Å². The summed E-state index contributed by atoms with van der Waals surface area (Å²) in [6.45, 7) is 6.33. The third-order valence-electron chi connectivity index (χ3n) is 3.70. The number of nitrogens with zero attached hydrogens (tertiary/aromatic N) is 1. The largest absolute Gasteiger partial charge is 0.399 e. The highest BCUT2D eigenvalue weighted by Gasteiger charge is 2.26. The summed E-state index contributed by atoms with van der Waals surface area (Å²) in [5.74, 6) is 0.0715. The minimum atomic E-state index is 0.0715. The Hall–Kier alpha value is -1.77. The molecule has 2 rings (SSSR count). The maximum absolute atomic E-state index is 12.6. The monoisotopic (exact) mass is 258 g/mol. The van der Waals surface area contributed by atoms with Gasteiger partial charge in [-0.2, -0.15) is 0 Å². The first-order valence-electron chi connectivity index (χ1n) is 6.91. The number of hydrogen-bond donors (Lipinski definition) is 1. The molecule has 19 heavy (non-hydrogen) atoms. The number of hydrogen-bond acceptors (Lipinski definition) is 2. The van der Waals surface area contributed by atoms with Crippen molar-refractivity contribution >= 4 is 11.6 Å². The van der Waals surface area contributed by atoms with E-state index in [1.165, 1.54) is 12.8 Å². The van der Waals surface area contributed by atoms with Crippen LogP contribution in [0.4, 0.5) is 5.69 Å². The van der Waals surface area contributed by atoms with Crippen LogP contribution < -0.4 is 5.73 Å². The van der Waals surface area contributed by atoms with Gasteiger partial charge in [0.15, 0.2) is 0 Å². The van der Waals surface area contributed by atoms with Crippen LogP contribution in [0.3, 0.4) is 0 Å². The molecular formula is C16H22N2O. The average Bonchev–Trinajstić information content (AvgIpc) is 2.87. The van der Waals surface area contributed by atoms with Crippen LogP contribution >= 0.6 is 0 Å². The lowest BCUT2D eigenvalue weighted by Gasteiger charge is -2.28. The van der Waals surface area contributed by atoms with E-state index in [0.29, 0.717) is 23.8 Å². The van der Waals surface area contributed by atoms with Gasteiger partial charge in [-0.1, -0.05) is 18.9 Å². The molecule has 0 bridgehead atoms. The second kappa shape index (κ2) is 5.91. The number of carbonyl (C=O) groups excluding carboxylic acids is 1. The number of benzene rings is 1. The van der Waals surface area contributed by atoms with E-state index in [-0.39, 0.29) is 5.91 Å². The van der Waals surface area contributed by atoms with Crippen LogP contribution in [-0.4, -0.2) is 23.4 Å². The Balaban J connectivity index is 2.24. The molecule has 0 aliphatic heterocycles. The van der Waals surface area contributed by atoms with Crippen molar-refractivity contribution in [1.82, 2.24) is 4.90 Å². The maximum Gasteiger partial charge on any atom is 0.254 e. The molecule has 1 aliphatic rings. The quantitative estimate of drug-likeness (QED) is 0.666. The lowest BCUT2D eigenvalue weighted by molar-refractivity contribution is 0.0706. The van der Waals surface area contributed by atoms with E-state index in [4.69, 9.17) is 5.73 Å². The predicted octanol–water partition coefficient (Wildman–Crippen LogP) is 3.15. The Bertz CT molecular complexity index is 455. The summed E-state index contributed by atoms with van der Waals surface area (Å²) < 4.78 is 0. The van der Waals surface area contributed by atoms with Crippen LogP contribution in [0, 0.1) is 6.92 Å². The summed E-state index contributed by atoms with van der Waals surface area (Å²) in [4.78, 5) is 14.6. The summed E-state index contributed by atoms with van der Waals surface area (Å²) in [5.41, 5.74) is 8.19. The van der Waals surface area contributed by atoms with Gasteiger partial charge in [-0.05, 0) is 43.5 Å². The molecule has 1 aromatic carbocycles. The van der Waals surface area contributed by atoms with Crippen molar-refractivity contribution in [1.29, 1.82) is 0 Å². The topological polar surface area (TPSA) is 46.3 Å². The summed E-state index contributed by atoms with van der Waals surface area (Å²) in [6.07, 6.45) is 6.42. The lowest BCUT2D eigenvalue weighted by Crippen LogP contribution is -2.39. The fraction of sp³-hybridized carbons (Fsp3) is 0.438. The van der Waals surface area contributed by atoms with Crippen LogP contribution in [0.1, 0.15) is 41.6 Å². The number of nitrogens with two attached hydrogens (primary N) is 1. The molecule has 102 valence electrons. The van der Waals surface area contributed by atoms with Crippen molar-refractivity contribution in [3.05, 3.63) is 42.0 Å². The SMILES string of the molecule is C=CCN(C(=O)c1cc(C)cc(N)c1)C1CCCC1. The van der Waals surface area contributed by atoms with Crippen LogP contribution in [0.15, 0.2) is 30.9 Å². The van der Waals surface area contributed by atoms with Crippen LogP contribution in [-0.2, 0) is 0 Å². The summed E-state index contributed by atoms with van der Waals surface area (Å²) >= 11 is 0. The Morgan fingerprint density at radius 2 is 2.11 bits per heavy atom. The van der Waals surface area contributed by atoms with Crippen molar-refractivity contribution in [3.63, 3.8) is 0 Å². The third kappa shape index (κ3) is 3.16. The van der Waals surface area contributed by atoms with Crippen molar-refractivity contribution in [2.75, 3.05) is 12.3 Å². The highest BCUT2D eigenvalue weighted by molar-refractivity contribution is 5.95. The van der Waals surface area contributed by atoms with Crippen molar-refractivity contribution in [2.24, 2.45) is 0 Å². The molecule has 0 spiro atoms. The molecule has 1 saturated carbocycles. The van der Waals surface area contributed by atoms with Gasteiger partial charge in [-0.15, -0.1) is 6.58 Å². The molecule has 1 fully saturated rings. The lowest BCUT2D eigenvalue weighted by atomic mass is 10.1. The van der Waals surface area contributed by atoms with E-state index in [1.807, 2.05) is 24.0 Å². The Morgan fingerprint density at radius 3 is 2.68 bits per heavy atom. The first kappa shape index (κ1) is 13.7. The molecule has 2 N–H and O–H groups in total. The zero-order valence-electron chi connectivity index (χ0n) is 11.6. The summed E-state index contributed by atoms with van der Waals surface area (Å²) in [5, 5.41) is 0. The minimum absolute atomic E-state index is 0.0715. The molecule has 0 aromatic heterocycles. The molecule has 0 radical (unpaired) electrons. The Morgan fingerprint density at radius 1 is 1.42 bits per heavy atom. The van der Waals surface area contributed by atoms with Gasteiger partial charge < -0.3 is 10.6 Å². The van der Waals surface area contributed by atoms with E-state index in [0.717, 1.165) is 18.4 Å². The number of carbonyl (C=O) groups is 1. The minimum Gasteiger partial charge on any atom is -0.399 e. The second-order valence-corrected chi connectivity index (χ2v) is 5.32. The van der Waals surface area contributed by atoms with Gasteiger partial charge in [0.1, 0.15) is 0 Å². The third-order valence-corrected chi connectivity index (χ3v) is 3.70. The van der Waals surface area contributed by atoms with Crippen LogP contribution in [0.5, 0.6) is 0 Å². The smallest absolute Gasteiger partial charge is 0.254 e. The van der Waals surface area contributed by atoms with E-state index >= 15 is 0 Å². The highest BCUT2D eigenvalue weighted by Crippen LogP contribution is 2.25. The van der Waals surface area contributed by atoms with E-state index < -0.39 is 0 Å². The van der Waals surface area contributed by atoms with E-state index in [9.17, 15) is 4.79 Å². The zero-order valence-corrected chi connectivity index (χ0v) is 11.6. The van der Waals surface area contributed by atoms with Gasteiger partial charge in [-0.25, -0.2) is 0 Å². The second-order valence-electron chi connectivity index (χ2n) is 5.32. The van der Waals surface area contributed by atoms with Crippen LogP contribution in [0.25, 0.3) is 0 Å². The van der Waals surface area contributed by atoms with Crippen LogP contribution in [0.2, 0.25) is 0 Å². The summed E-state index contributed by atoms with van der Waals surface area (Å²) in [6, 6.07) is 5.90. The maximum atomic E-state index is 12.6. The van der Waals surface area contributed by atoms with Gasteiger partial charge in [0.25, 0.3) is 5.91 Å². The first-order chi connectivity index (χ1) is 9.11. The van der Waals surface area contributed by atoms with Gasteiger partial charge in [0.05, 0.1) is 0 Å². The standard InChI is InChI=1S/C16H22N2O/c1-3-8-18(15-6-4-5-7-15)16(19)13-9-12(2)10-14(17)11-13/h3,9-11,15H,1,4-8,17H2,2H3. The molecule has 1 amide bonds. The number of amides is 1. The number of aryl methyl sites for hydroxylation is 1. The van der Waals surface area contributed by atoms with Gasteiger partial charge >= 0.3 is 0 Å². The fourth-order valence-corrected chi connectivity index (χ4v) is 2.85. The average molecular weight is 258 g/mol. The fourth-order valence-electron chi connectivity index (χ4n) is 2.85. The van der Waals surface area contributed by atoms with E-state index in [1.54, 1.807) is 12.1 Å². The molecular weight excluding hydrogens is 236 g/mol. The Labute approximate surface area is 115 Å². The molecule has 0 heterocycles. The van der Waals surface area contributed by atoms with Gasteiger partial charge in [0, 0.05) is 23.8 Å². The number of rotatable bonds is 4. The zero-order chi connectivity index (χ0) is 13.8. The molecule has 3 nitrogen and oxygen atoms in total. The first-order valence-corrected chi connectivity index (χ1v) is 6.91. The van der Waals surface area contributed by atoms with E-state index in [2.05, 4.69) is 6.58 Å². The molecule has 1 aliphatic carbocycles. The number of nitrogen functional groups attached to an aromatic ring is 1. The molecule has 3 heteroatoms. The highest BCUT2D eigenvalue weighted by atomic mass is 16.2. The summed E-state index contributed by atoms with van der Waals surface area (Å²) in [7, 11) is 0. The van der Waals surface area contributed by atoms with Gasteiger partial charge in [0.2, 0.25) is 0 Å². The normalized spacial score (nSPS) is 15.4. The predicted molar refractivity (Wildman–Crippen MR) is 79.1 cm³/mol. The van der Waals surface area contributed by atoms with Crippen molar-refractivity contribution in [3.8, 4) is 0 Å². The van der Waals surface area contributed by atoms with Crippen molar-refractivity contribution in [2.45, 2.75) is 38.6 Å². The number of anilines is 1. The molecule has 1 aromatic rings. The molecule has 0 saturated heterocycles. The molecule has 0 unspecified atom stereocenters. The Kier molecular flexibility index (Phi) is 4.25.